The second-order valence-electron chi connectivity index (χ2n) is 7.02. The first-order valence-electron chi connectivity index (χ1n) is 8.09. The quantitative estimate of drug-likeness (QED) is 0.786. The predicted molar refractivity (Wildman–Crippen MR) is 85.7 cm³/mol. The minimum atomic E-state index is -4.74. The van der Waals surface area contributed by atoms with Crippen molar-refractivity contribution >= 4 is 6.16 Å². The lowest BCUT2D eigenvalue weighted by molar-refractivity contribution is -0.274. The van der Waals surface area contributed by atoms with Crippen LogP contribution in [0.5, 0.6) is 5.75 Å². The third-order valence-corrected chi connectivity index (χ3v) is 3.62. The van der Waals surface area contributed by atoms with Crippen molar-refractivity contribution in [2.45, 2.75) is 57.4 Å². The largest absolute Gasteiger partial charge is 0.573 e. The van der Waals surface area contributed by atoms with Gasteiger partial charge in [0.25, 0.3) is 0 Å². The molecule has 1 aromatic rings. The van der Waals surface area contributed by atoms with Crippen molar-refractivity contribution in [3.05, 3.63) is 29.8 Å². The Kier molecular flexibility index (Phi) is 6.02. The Labute approximate surface area is 149 Å². The van der Waals surface area contributed by atoms with E-state index in [0.29, 0.717) is 12.0 Å². The van der Waals surface area contributed by atoms with E-state index in [9.17, 15) is 23.1 Å². The van der Waals surface area contributed by atoms with Gasteiger partial charge in [-0.3, -0.25) is 0 Å². The highest BCUT2D eigenvalue weighted by Crippen LogP contribution is 2.24. The third-order valence-electron chi connectivity index (χ3n) is 3.62. The summed E-state index contributed by atoms with van der Waals surface area (Å²) in [5, 5.41) is 13.3. The molecule has 1 aliphatic rings. The van der Waals surface area contributed by atoms with E-state index in [1.807, 2.05) is 0 Å². The molecule has 1 fully saturated rings. The summed E-state index contributed by atoms with van der Waals surface area (Å²) >= 11 is 0. The van der Waals surface area contributed by atoms with Gasteiger partial charge in [-0.15, -0.1) is 13.2 Å². The van der Waals surface area contributed by atoms with Gasteiger partial charge >= 0.3 is 12.5 Å². The van der Waals surface area contributed by atoms with Crippen LogP contribution in [0, 0.1) is 0 Å². The summed E-state index contributed by atoms with van der Waals surface area (Å²) in [5.41, 5.74) is 0.00208. The smallest absolute Gasteiger partial charge is 0.429 e. The first-order valence-corrected chi connectivity index (χ1v) is 8.09. The molecule has 0 radical (unpaired) electrons. The average Bonchev–Trinajstić information content (AvgIpc) is 2.79. The molecule has 26 heavy (non-hydrogen) atoms. The fraction of sp³-hybridized carbons (Fsp3) is 0.588. The van der Waals surface area contributed by atoms with E-state index >= 15 is 0 Å². The topological polar surface area (TPSA) is 77.0 Å². The van der Waals surface area contributed by atoms with Crippen molar-refractivity contribution < 1.29 is 37.3 Å². The van der Waals surface area contributed by atoms with Gasteiger partial charge in [-0.2, -0.15) is 0 Å². The van der Waals surface area contributed by atoms with Gasteiger partial charge in [-0.05, 0) is 44.9 Å². The van der Waals surface area contributed by atoms with Crippen LogP contribution in [0.4, 0.5) is 18.0 Å². The van der Waals surface area contributed by atoms with E-state index in [1.54, 1.807) is 20.8 Å². The number of carbonyl (C=O) groups excluding carboxylic acids is 1. The number of hydrogen-bond donors (Lipinski definition) is 2. The lowest BCUT2D eigenvalue weighted by Gasteiger charge is -2.22. The van der Waals surface area contributed by atoms with Gasteiger partial charge in [0.15, 0.2) is 0 Å². The number of ether oxygens (including phenoxy) is 3. The summed E-state index contributed by atoms with van der Waals surface area (Å²) in [7, 11) is 0. The minimum absolute atomic E-state index is 0.250. The zero-order valence-electron chi connectivity index (χ0n) is 14.7. The predicted octanol–water partition coefficient (Wildman–Crippen LogP) is 2.78. The molecule has 3 atom stereocenters. The Morgan fingerprint density at radius 3 is 2.38 bits per heavy atom. The fourth-order valence-corrected chi connectivity index (χ4v) is 2.55. The number of hydrogen-bond acceptors (Lipinski definition) is 6. The Morgan fingerprint density at radius 1 is 1.23 bits per heavy atom. The first kappa shape index (κ1) is 20.3. The van der Waals surface area contributed by atoms with E-state index in [-0.39, 0.29) is 12.3 Å². The molecule has 2 rings (SSSR count). The van der Waals surface area contributed by atoms with Crippen molar-refractivity contribution in [2.24, 2.45) is 0 Å². The van der Waals surface area contributed by atoms with Crippen molar-refractivity contribution in [3.8, 4) is 5.75 Å². The van der Waals surface area contributed by atoms with E-state index in [0.717, 1.165) is 0 Å². The Morgan fingerprint density at radius 2 is 1.85 bits per heavy atom. The molecular weight excluding hydrogens is 355 g/mol. The van der Waals surface area contributed by atoms with Gasteiger partial charge in [0.1, 0.15) is 23.6 Å². The highest BCUT2D eigenvalue weighted by molar-refractivity contribution is 5.60. The van der Waals surface area contributed by atoms with E-state index in [1.165, 1.54) is 24.3 Å². The molecular formula is C17H22F3NO5. The molecule has 6 nitrogen and oxygen atoms in total. The molecule has 0 spiro atoms. The van der Waals surface area contributed by atoms with Crippen LogP contribution >= 0.6 is 0 Å². The number of halogens is 3. The van der Waals surface area contributed by atoms with Crippen LogP contribution in [0.25, 0.3) is 0 Å². The van der Waals surface area contributed by atoms with Crippen LogP contribution in [0.15, 0.2) is 24.3 Å². The van der Waals surface area contributed by atoms with Crippen molar-refractivity contribution in [3.63, 3.8) is 0 Å². The number of nitrogens with one attached hydrogen (secondary N) is 1. The maximum absolute atomic E-state index is 12.2. The molecule has 1 aliphatic heterocycles. The summed E-state index contributed by atoms with van der Waals surface area (Å²) in [5.74, 6) is -0.313. The van der Waals surface area contributed by atoms with Gasteiger partial charge < -0.3 is 24.6 Å². The molecule has 0 unspecified atom stereocenters. The molecule has 0 amide bonds. The SMILES string of the molecule is CC(C)(C)OC(=O)O[C@H]1CN[C@H](Cc2ccc(OC(F)(F)F)cc2)[C@@H]1O. The maximum Gasteiger partial charge on any atom is 0.573 e. The Balaban J connectivity index is 1.88. The lowest BCUT2D eigenvalue weighted by atomic mass is 10.0. The highest BCUT2D eigenvalue weighted by atomic mass is 19.4. The van der Waals surface area contributed by atoms with Gasteiger partial charge in [0.05, 0.1) is 0 Å². The van der Waals surface area contributed by atoms with Crippen LogP contribution in [0.1, 0.15) is 26.3 Å². The summed E-state index contributed by atoms with van der Waals surface area (Å²) in [6, 6.07) is 4.98. The number of aliphatic hydroxyl groups excluding tert-OH is 1. The van der Waals surface area contributed by atoms with Crippen molar-refractivity contribution in [1.29, 1.82) is 0 Å². The van der Waals surface area contributed by atoms with Gasteiger partial charge in [-0.25, -0.2) is 4.79 Å². The molecule has 0 aromatic heterocycles. The lowest BCUT2D eigenvalue weighted by Crippen LogP contribution is -2.37. The fourth-order valence-electron chi connectivity index (χ4n) is 2.55. The standard InChI is InChI=1S/C17H22F3NO5/c1-16(2,3)26-15(23)24-13-9-21-12(14(13)22)8-10-4-6-11(7-5-10)25-17(18,19)20/h4-7,12-14,21-22H,8-9H2,1-3H3/t12-,13+,14+/m1/s1. The molecule has 1 aromatic carbocycles. The van der Waals surface area contributed by atoms with E-state index < -0.39 is 36.4 Å². The monoisotopic (exact) mass is 377 g/mol. The van der Waals surface area contributed by atoms with Crippen LogP contribution in [0.2, 0.25) is 0 Å². The number of carbonyl (C=O) groups is 1. The van der Waals surface area contributed by atoms with Gasteiger partial charge in [0.2, 0.25) is 0 Å². The normalized spacial score (nSPS) is 23.6. The molecule has 0 aliphatic carbocycles. The minimum Gasteiger partial charge on any atom is -0.429 e. The molecule has 9 heteroatoms. The number of rotatable bonds is 4. The molecule has 0 saturated carbocycles. The average molecular weight is 377 g/mol. The molecule has 2 N–H and O–H groups in total. The second-order valence-corrected chi connectivity index (χ2v) is 7.02. The van der Waals surface area contributed by atoms with Crippen LogP contribution in [-0.4, -0.2) is 48.0 Å². The summed E-state index contributed by atoms with van der Waals surface area (Å²) in [6.45, 7) is 5.35. The van der Waals surface area contributed by atoms with Crippen LogP contribution in [0.3, 0.4) is 0 Å². The Hall–Kier alpha value is -2.00. The zero-order valence-corrected chi connectivity index (χ0v) is 14.7. The zero-order chi connectivity index (χ0) is 19.5. The summed E-state index contributed by atoms with van der Waals surface area (Å²) in [4.78, 5) is 11.7. The highest BCUT2D eigenvalue weighted by Gasteiger charge is 2.38. The number of alkyl halides is 3. The van der Waals surface area contributed by atoms with Crippen molar-refractivity contribution in [2.75, 3.05) is 6.54 Å². The van der Waals surface area contributed by atoms with Gasteiger partial charge in [-0.1, -0.05) is 12.1 Å². The Bertz CT molecular complexity index is 612. The number of aliphatic hydroxyl groups is 1. The van der Waals surface area contributed by atoms with Crippen molar-refractivity contribution in [1.82, 2.24) is 5.32 Å². The first-order chi connectivity index (χ1) is 11.9. The summed E-state index contributed by atoms with van der Waals surface area (Å²) in [6.07, 6.45) is -6.98. The second kappa shape index (κ2) is 7.71. The van der Waals surface area contributed by atoms with Crippen LogP contribution in [-0.2, 0) is 15.9 Å². The maximum atomic E-state index is 12.2. The molecule has 1 heterocycles. The van der Waals surface area contributed by atoms with E-state index in [4.69, 9.17) is 9.47 Å². The third kappa shape index (κ3) is 6.38. The summed E-state index contributed by atoms with van der Waals surface area (Å²) < 4.78 is 50.4. The molecule has 0 bridgehead atoms. The molecule has 146 valence electrons. The van der Waals surface area contributed by atoms with Gasteiger partial charge in [0, 0.05) is 12.6 Å². The van der Waals surface area contributed by atoms with Crippen LogP contribution < -0.4 is 10.1 Å². The number of benzene rings is 1. The molecule has 1 saturated heterocycles. The van der Waals surface area contributed by atoms with E-state index in [2.05, 4.69) is 10.1 Å².